The zero-order valence-electron chi connectivity index (χ0n) is 13.3. The Morgan fingerprint density at radius 1 is 0.880 bits per heavy atom. The Morgan fingerprint density at radius 2 is 1.52 bits per heavy atom. The Hall–Kier alpha value is -3.05. The number of hydrogen-bond donors (Lipinski definition) is 2. The molecular formula is C19H16ClN3O2. The molecule has 0 unspecified atom stereocenters. The van der Waals surface area contributed by atoms with Crippen LogP contribution in [-0.4, -0.2) is 16.4 Å². The summed E-state index contributed by atoms with van der Waals surface area (Å²) in [6.07, 6.45) is 4.08. The van der Waals surface area contributed by atoms with E-state index < -0.39 is 5.91 Å². The Balaban J connectivity index is 1.52. The molecule has 2 amide bonds. The second kappa shape index (κ2) is 7.68. The molecule has 3 rings (SSSR count). The van der Waals surface area contributed by atoms with E-state index in [0.29, 0.717) is 10.6 Å². The zero-order valence-corrected chi connectivity index (χ0v) is 14.0. The predicted octanol–water partition coefficient (Wildman–Crippen LogP) is 3.13. The first-order chi connectivity index (χ1) is 12.1. The van der Waals surface area contributed by atoms with Crippen LogP contribution in [-0.2, 0) is 11.2 Å². The molecule has 25 heavy (non-hydrogen) atoms. The number of aromatic nitrogens is 1. The molecule has 5 nitrogen and oxygen atoms in total. The van der Waals surface area contributed by atoms with Crippen LogP contribution in [0.1, 0.15) is 15.9 Å². The highest BCUT2D eigenvalue weighted by Gasteiger charge is 2.08. The van der Waals surface area contributed by atoms with E-state index in [4.69, 9.17) is 11.6 Å². The number of rotatable bonds is 4. The van der Waals surface area contributed by atoms with Crippen molar-refractivity contribution in [3.05, 3.63) is 89.2 Å². The average molecular weight is 354 g/mol. The lowest BCUT2D eigenvalue weighted by molar-refractivity contribution is -0.121. The molecular weight excluding hydrogens is 338 g/mol. The fraction of sp³-hybridized carbons (Fsp3) is 0.0526. The largest absolute Gasteiger partial charge is 0.324 e. The molecule has 2 N–H and O–H groups in total. The van der Waals surface area contributed by atoms with Crippen molar-refractivity contribution < 1.29 is 9.59 Å². The molecule has 0 atom stereocenters. The SMILES string of the molecule is O=C(Cc1ccc(-n2cccc2)cc1)NNC(=O)c1ccc(Cl)cc1. The van der Waals surface area contributed by atoms with Gasteiger partial charge in [-0.05, 0) is 54.1 Å². The second-order valence-corrected chi connectivity index (χ2v) is 5.88. The smallest absolute Gasteiger partial charge is 0.269 e. The first-order valence-corrected chi connectivity index (χ1v) is 8.07. The quantitative estimate of drug-likeness (QED) is 0.708. The van der Waals surface area contributed by atoms with Crippen LogP contribution in [0.5, 0.6) is 0 Å². The van der Waals surface area contributed by atoms with Crippen LogP contribution in [0, 0.1) is 0 Å². The van der Waals surface area contributed by atoms with Gasteiger partial charge in [0.25, 0.3) is 5.91 Å². The van der Waals surface area contributed by atoms with Gasteiger partial charge in [-0.25, -0.2) is 0 Å². The van der Waals surface area contributed by atoms with Crippen LogP contribution < -0.4 is 10.9 Å². The number of carbonyl (C=O) groups excluding carboxylic acids is 2. The molecule has 6 heteroatoms. The average Bonchev–Trinajstić information content (AvgIpc) is 3.15. The van der Waals surface area contributed by atoms with E-state index in [9.17, 15) is 9.59 Å². The normalized spacial score (nSPS) is 10.3. The third-order valence-electron chi connectivity index (χ3n) is 3.63. The molecule has 0 radical (unpaired) electrons. The van der Waals surface area contributed by atoms with E-state index in [1.54, 1.807) is 24.3 Å². The number of benzene rings is 2. The summed E-state index contributed by atoms with van der Waals surface area (Å²) in [5.74, 6) is -0.691. The van der Waals surface area contributed by atoms with E-state index in [1.165, 1.54) is 0 Å². The summed E-state index contributed by atoms with van der Waals surface area (Å²) in [7, 11) is 0. The summed E-state index contributed by atoms with van der Waals surface area (Å²) < 4.78 is 1.98. The van der Waals surface area contributed by atoms with Crippen LogP contribution in [0.4, 0.5) is 0 Å². The summed E-state index contributed by atoms with van der Waals surface area (Å²) in [6.45, 7) is 0. The minimum atomic E-state index is -0.395. The first-order valence-electron chi connectivity index (χ1n) is 7.69. The van der Waals surface area contributed by atoms with Gasteiger partial charge in [0.15, 0.2) is 0 Å². The molecule has 0 saturated heterocycles. The topological polar surface area (TPSA) is 63.1 Å². The molecule has 0 aliphatic heterocycles. The second-order valence-electron chi connectivity index (χ2n) is 5.44. The minimum Gasteiger partial charge on any atom is -0.324 e. The number of nitrogens with one attached hydrogen (secondary N) is 2. The molecule has 0 fully saturated rings. The van der Waals surface area contributed by atoms with Gasteiger partial charge >= 0.3 is 0 Å². The molecule has 126 valence electrons. The molecule has 1 aromatic heterocycles. The predicted molar refractivity (Wildman–Crippen MR) is 96.5 cm³/mol. The lowest BCUT2D eigenvalue weighted by atomic mass is 10.1. The van der Waals surface area contributed by atoms with Crippen LogP contribution in [0.2, 0.25) is 5.02 Å². The van der Waals surface area contributed by atoms with Crippen molar-refractivity contribution in [2.24, 2.45) is 0 Å². The fourth-order valence-electron chi connectivity index (χ4n) is 2.32. The number of amides is 2. The van der Waals surface area contributed by atoms with Gasteiger partial charge in [-0.1, -0.05) is 23.7 Å². The number of carbonyl (C=O) groups is 2. The summed E-state index contributed by atoms with van der Waals surface area (Å²) in [4.78, 5) is 23.9. The fourth-order valence-corrected chi connectivity index (χ4v) is 2.45. The summed E-state index contributed by atoms with van der Waals surface area (Å²) in [5, 5.41) is 0.545. The van der Waals surface area contributed by atoms with Crippen molar-refractivity contribution in [1.29, 1.82) is 0 Å². The number of hydrogen-bond acceptors (Lipinski definition) is 2. The highest BCUT2D eigenvalue weighted by Crippen LogP contribution is 2.11. The third-order valence-corrected chi connectivity index (χ3v) is 3.88. The van der Waals surface area contributed by atoms with Crippen molar-refractivity contribution >= 4 is 23.4 Å². The zero-order chi connectivity index (χ0) is 17.6. The highest BCUT2D eigenvalue weighted by atomic mass is 35.5. The first kappa shape index (κ1) is 16.8. The molecule has 0 aliphatic rings. The van der Waals surface area contributed by atoms with Gasteiger partial charge in [0.05, 0.1) is 6.42 Å². The minimum absolute atomic E-state index is 0.173. The van der Waals surface area contributed by atoms with Gasteiger partial charge < -0.3 is 4.57 Å². The summed E-state index contributed by atoms with van der Waals surface area (Å²) in [6, 6.07) is 18.0. The molecule has 1 heterocycles. The lowest BCUT2D eigenvalue weighted by Crippen LogP contribution is -2.42. The number of halogens is 1. The van der Waals surface area contributed by atoms with Crippen LogP contribution in [0.15, 0.2) is 73.1 Å². The number of hydrazine groups is 1. The Labute approximate surface area is 150 Å². The highest BCUT2D eigenvalue weighted by molar-refractivity contribution is 6.30. The van der Waals surface area contributed by atoms with Crippen molar-refractivity contribution in [3.63, 3.8) is 0 Å². The van der Waals surface area contributed by atoms with Gasteiger partial charge in [-0.3, -0.25) is 20.4 Å². The molecule has 0 spiro atoms. The van der Waals surface area contributed by atoms with Crippen molar-refractivity contribution in [1.82, 2.24) is 15.4 Å². The van der Waals surface area contributed by atoms with Crippen LogP contribution in [0.25, 0.3) is 5.69 Å². The van der Waals surface area contributed by atoms with E-state index in [-0.39, 0.29) is 12.3 Å². The lowest BCUT2D eigenvalue weighted by Gasteiger charge is -2.08. The Morgan fingerprint density at radius 3 is 2.16 bits per heavy atom. The molecule has 3 aromatic rings. The Bertz CT molecular complexity index is 857. The third kappa shape index (κ3) is 4.49. The van der Waals surface area contributed by atoms with Crippen molar-refractivity contribution in [3.8, 4) is 5.69 Å². The number of nitrogens with zero attached hydrogens (tertiary/aromatic N) is 1. The Kier molecular flexibility index (Phi) is 5.16. The van der Waals surface area contributed by atoms with Gasteiger partial charge in [0, 0.05) is 28.7 Å². The molecule has 2 aromatic carbocycles. The maximum absolute atomic E-state index is 12.0. The standard InChI is InChI=1S/C19H16ClN3O2/c20-16-7-5-15(6-8-16)19(25)22-21-18(24)13-14-3-9-17(10-4-14)23-11-1-2-12-23/h1-12H,13H2,(H,21,24)(H,22,25). The van der Waals surface area contributed by atoms with Gasteiger partial charge in [-0.2, -0.15) is 0 Å². The summed E-state index contributed by atoms with van der Waals surface area (Å²) >= 11 is 5.77. The van der Waals surface area contributed by atoms with Gasteiger partial charge in [0.2, 0.25) is 5.91 Å². The van der Waals surface area contributed by atoms with E-state index >= 15 is 0 Å². The van der Waals surface area contributed by atoms with Crippen molar-refractivity contribution in [2.45, 2.75) is 6.42 Å². The molecule has 0 aliphatic carbocycles. The van der Waals surface area contributed by atoms with E-state index in [2.05, 4.69) is 10.9 Å². The monoisotopic (exact) mass is 353 g/mol. The maximum atomic E-state index is 12.0. The van der Waals surface area contributed by atoms with E-state index in [0.717, 1.165) is 11.3 Å². The van der Waals surface area contributed by atoms with E-state index in [1.807, 2.05) is 53.4 Å². The van der Waals surface area contributed by atoms with Crippen LogP contribution >= 0.6 is 11.6 Å². The van der Waals surface area contributed by atoms with Crippen LogP contribution in [0.3, 0.4) is 0 Å². The van der Waals surface area contributed by atoms with Gasteiger partial charge in [0.1, 0.15) is 0 Å². The van der Waals surface area contributed by atoms with Crippen molar-refractivity contribution in [2.75, 3.05) is 0 Å². The maximum Gasteiger partial charge on any atom is 0.269 e. The summed E-state index contributed by atoms with van der Waals surface area (Å²) in [5.41, 5.74) is 7.09. The molecule has 0 saturated carbocycles. The molecule has 0 bridgehead atoms. The van der Waals surface area contributed by atoms with Gasteiger partial charge in [-0.15, -0.1) is 0 Å².